The van der Waals surface area contributed by atoms with E-state index in [1.807, 2.05) is 30.3 Å². The number of hydrogen-bond donors (Lipinski definition) is 2. The van der Waals surface area contributed by atoms with Gasteiger partial charge in [-0.1, -0.05) is 30.3 Å². The first-order chi connectivity index (χ1) is 10.2. The van der Waals surface area contributed by atoms with Crippen molar-refractivity contribution in [1.29, 1.82) is 0 Å². The zero-order chi connectivity index (χ0) is 14.9. The number of rotatable bonds is 7. The van der Waals surface area contributed by atoms with Gasteiger partial charge in [-0.05, 0) is 24.1 Å². The first-order valence-electron chi connectivity index (χ1n) is 6.84. The summed E-state index contributed by atoms with van der Waals surface area (Å²) in [6.45, 7) is 0.306. The predicted octanol–water partition coefficient (Wildman–Crippen LogP) is 1.64. The van der Waals surface area contributed by atoms with Gasteiger partial charge >= 0.3 is 0 Å². The van der Waals surface area contributed by atoms with Gasteiger partial charge in [-0.25, -0.2) is 0 Å². The minimum absolute atomic E-state index is 0.0195. The van der Waals surface area contributed by atoms with Crippen LogP contribution in [0.1, 0.15) is 17.7 Å². The number of hydrogen-bond acceptors (Lipinski definition) is 3. The van der Waals surface area contributed by atoms with Crippen LogP contribution in [0.4, 0.5) is 0 Å². The van der Waals surface area contributed by atoms with Gasteiger partial charge < -0.3 is 15.1 Å². The van der Waals surface area contributed by atoms with E-state index in [0.29, 0.717) is 25.1 Å². The Labute approximate surface area is 123 Å². The zero-order valence-electron chi connectivity index (χ0n) is 11.7. The highest BCUT2D eigenvalue weighted by Gasteiger charge is 2.06. The van der Waals surface area contributed by atoms with E-state index in [1.165, 1.54) is 0 Å². The second kappa shape index (κ2) is 7.89. The molecule has 2 N–H and O–H groups in total. The molecule has 0 radical (unpaired) electrons. The average molecular weight is 286 g/mol. The third kappa shape index (κ3) is 5.52. The van der Waals surface area contributed by atoms with E-state index < -0.39 is 0 Å². The lowest BCUT2D eigenvalue weighted by atomic mass is 10.1. The fourth-order valence-corrected chi connectivity index (χ4v) is 1.83. The van der Waals surface area contributed by atoms with Gasteiger partial charge in [0.1, 0.15) is 5.76 Å². The summed E-state index contributed by atoms with van der Waals surface area (Å²) in [5, 5.41) is 5.27. The molecule has 2 aromatic rings. The second-order valence-corrected chi connectivity index (χ2v) is 4.62. The van der Waals surface area contributed by atoms with E-state index >= 15 is 0 Å². The fraction of sp³-hybridized carbons (Fsp3) is 0.250. The van der Waals surface area contributed by atoms with Gasteiger partial charge in [0.05, 0.1) is 19.4 Å². The molecule has 1 aromatic heterocycles. The van der Waals surface area contributed by atoms with Crippen LogP contribution in [-0.2, 0) is 22.6 Å². The first-order valence-corrected chi connectivity index (χ1v) is 6.84. The van der Waals surface area contributed by atoms with Crippen molar-refractivity contribution in [2.24, 2.45) is 0 Å². The van der Waals surface area contributed by atoms with E-state index in [2.05, 4.69) is 10.6 Å². The molecule has 2 amide bonds. The summed E-state index contributed by atoms with van der Waals surface area (Å²) >= 11 is 0. The Hall–Kier alpha value is -2.56. The van der Waals surface area contributed by atoms with E-state index in [4.69, 9.17) is 4.42 Å². The molecule has 0 spiro atoms. The van der Waals surface area contributed by atoms with E-state index in [-0.39, 0.29) is 18.4 Å². The third-order valence-corrected chi connectivity index (χ3v) is 2.97. The molecule has 0 fully saturated rings. The topological polar surface area (TPSA) is 71.3 Å². The van der Waals surface area contributed by atoms with Crippen LogP contribution in [0.25, 0.3) is 0 Å². The number of amides is 2. The molecule has 110 valence electrons. The van der Waals surface area contributed by atoms with Crippen LogP contribution >= 0.6 is 0 Å². The molecular weight excluding hydrogens is 268 g/mol. The summed E-state index contributed by atoms with van der Waals surface area (Å²) in [5.41, 5.74) is 1.11. The number of benzene rings is 1. The monoisotopic (exact) mass is 286 g/mol. The van der Waals surface area contributed by atoms with Gasteiger partial charge in [0.2, 0.25) is 11.8 Å². The predicted molar refractivity (Wildman–Crippen MR) is 78.3 cm³/mol. The van der Waals surface area contributed by atoms with Crippen molar-refractivity contribution < 1.29 is 14.0 Å². The van der Waals surface area contributed by atoms with E-state index in [1.54, 1.807) is 18.4 Å². The van der Waals surface area contributed by atoms with Gasteiger partial charge in [0.15, 0.2) is 0 Å². The molecule has 0 bridgehead atoms. The van der Waals surface area contributed by atoms with Crippen LogP contribution in [0, 0.1) is 0 Å². The molecule has 0 unspecified atom stereocenters. The van der Waals surface area contributed by atoms with Crippen molar-refractivity contribution in [3.05, 3.63) is 60.1 Å². The van der Waals surface area contributed by atoms with Gasteiger partial charge in [0.25, 0.3) is 0 Å². The molecule has 5 heteroatoms. The Morgan fingerprint density at radius 1 is 0.952 bits per heavy atom. The van der Waals surface area contributed by atoms with Crippen molar-refractivity contribution in [2.45, 2.75) is 19.4 Å². The average Bonchev–Trinajstić information content (AvgIpc) is 3.03. The molecule has 1 aromatic carbocycles. The zero-order valence-corrected chi connectivity index (χ0v) is 11.7. The molecule has 0 saturated carbocycles. The third-order valence-electron chi connectivity index (χ3n) is 2.97. The Kier molecular flexibility index (Phi) is 5.58. The molecule has 0 atom stereocenters. The maximum absolute atomic E-state index is 11.6. The minimum Gasteiger partial charge on any atom is -0.467 e. The number of nitrogens with one attached hydrogen (secondary N) is 2. The Bertz CT molecular complexity index is 564. The minimum atomic E-state index is -0.237. The summed E-state index contributed by atoms with van der Waals surface area (Å²) in [7, 11) is 0. The van der Waals surface area contributed by atoms with E-state index in [0.717, 1.165) is 5.56 Å². The highest BCUT2D eigenvalue weighted by molar-refractivity contribution is 5.84. The maximum atomic E-state index is 11.6. The highest BCUT2D eigenvalue weighted by Crippen LogP contribution is 2.02. The van der Waals surface area contributed by atoms with Crippen LogP contribution in [-0.4, -0.2) is 18.4 Å². The van der Waals surface area contributed by atoms with Crippen molar-refractivity contribution in [1.82, 2.24) is 10.6 Å². The van der Waals surface area contributed by atoms with Gasteiger partial charge in [-0.3, -0.25) is 9.59 Å². The quantitative estimate of drug-likeness (QED) is 0.813. The lowest BCUT2D eigenvalue weighted by Gasteiger charge is -2.06. The van der Waals surface area contributed by atoms with Crippen LogP contribution in [0.15, 0.2) is 53.1 Å². The molecule has 5 nitrogen and oxygen atoms in total. The molecule has 2 rings (SSSR count). The molecule has 0 aliphatic heterocycles. The maximum Gasteiger partial charge on any atom is 0.239 e. The lowest BCUT2D eigenvalue weighted by Crippen LogP contribution is -2.36. The number of aryl methyl sites for hydroxylation is 1. The molecule has 0 saturated heterocycles. The normalized spacial score (nSPS) is 10.1. The highest BCUT2D eigenvalue weighted by atomic mass is 16.3. The largest absolute Gasteiger partial charge is 0.467 e. The molecule has 0 aliphatic carbocycles. The van der Waals surface area contributed by atoms with Crippen LogP contribution in [0.2, 0.25) is 0 Å². The lowest BCUT2D eigenvalue weighted by molar-refractivity contribution is -0.126. The van der Waals surface area contributed by atoms with Gasteiger partial charge in [0, 0.05) is 6.42 Å². The SMILES string of the molecule is O=C(CCc1ccccc1)NCC(=O)NCc1ccco1. The second-order valence-electron chi connectivity index (χ2n) is 4.62. The molecule has 1 heterocycles. The van der Waals surface area contributed by atoms with Crippen LogP contribution in [0.5, 0.6) is 0 Å². The van der Waals surface area contributed by atoms with Crippen molar-refractivity contribution >= 4 is 11.8 Å². The molecular formula is C16H18N2O3. The van der Waals surface area contributed by atoms with Crippen molar-refractivity contribution in [2.75, 3.05) is 6.54 Å². The van der Waals surface area contributed by atoms with Gasteiger partial charge in [-0.2, -0.15) is 0 Å². The smallest absolute Gasteiger partial charge is 0.239 e. The summed E-state index contributed by atoms with van der Waals surface area (Å²) in [6, 6.07) is 13.3. The number of carbonyl (C=O) groups excluding carboxylic acids is 2. The van der Waals surface area contributed by atoms with Crippen LogP contribution in [0.3, 0.4) is 0 Å². The van der Waals surface area contributed by atoms with Crippen molar-refractivity contribution in [3.8, 4) is 0 Å². The van der Waals surface area contributed by atoms with Crippen molar-refractivity contribution in [3.63, 3.8) is 0 Å². The summed E-state index contributed by atoms with van der Waals surface area (Å²) < 4.78 is 5.09. The Balaban J connectivity index is 1.61. The fourth-order valence-electron chi connectivity index (χ4n) is 1.83. The standard InChI is InChI=1S/C16H18N2O3/c19-15(9-8-13-5-2-1-3-6-13)18-12-16(20)17-11-14-7-4-10-21-14/h1-7,10H,8-9,11-12H2,(H,17,20)(H,18,19). The number of carbonyl (C=O) groups is 2. The summed E-state index contributed by atoms with van der Waals surface area (Å²) in [6.07, 6.45) is 2.59. The van der Waals surface area contributed by atoms with E-state index in [9.17, 15) is 9.59 Å². The van der Waals surface area contributed by atoms with Gasteiger partial charge in [-0.15, -0.1) is 0 Å². The Morgan fingerprint density at radius 3 is 2.48 bits per heavy atom. The summed E-state index contributed by atoms with van der Waals surface area (Å²) in [5.74, 6) is 0.310. The Morgan fingerprint density at radius 2 is 1.76 bits per heavy atom. The molecule has 0 aliphatic rings. The molecule has 21 heavy (non-hydrogen) atoms. The summed E-state index contributed by atoms with van der Waals surface area (Å²) in [4.78, 5) is 23.2. The first kappa shape index (κ1) is 14.8. The number of furan rings is 1. The van der Waals surface area contributed by atoms with Crippen LogP contribution < -0.4 is 10.6 Å².